The first kappa shape index (κ1) is 7.84. The molecular formula is C8H13ClO2. The zero-order valence-electron chi connectivity index (χ0n) is 6.46. The Bertz CT molecular complexity index is 140. The summed E-state index contributed by atoms with van der Waals surface area (Å²) in [5.41, 5.74) is 0. The zero-order valence-corrected chi connectivity index (χ0v) is 7.22. The molecule has 2 aliphatic heterocycles. The van der Waals surface area contributed by atoms with Gasteiger partial charge in [-0.15, -0.1) is 11.6 Å². The van der Waals surface area contributed by atoms with Crippen LogP contribution in [0.5, 0.6) is 0 Å². The van der Waals surface area contributed by atoms with Crippen LogP contribution in [0.15, 0.2) is 0 Å². The van der Waals surface area contributed by atoms with Crippen molar-refractivity contribution < 1.29 is 9.47 Å². The topological polar surface area (TPSA) is 18.5 Å². The van der Waals surface area contributed by atoms with Crippen LogP contribution in [0.2, 0.25) is 0 Å². The highest BCUT2D eigenvalue weighted by Gasteiger charge is 2.33. The molecule has 0 radical (unpaired) electrons. The van der Waals surface area contributed by atoms with E-state index >= 15 is 0 Å². The summed E-state index contributed by atoms with van der Waals surface area (Å²) >= 11 is 5.93. The van der Waals surface area contributed by atoms with E-state index in [1.807, 2.05) is 0 Å². The molecule has 2 aliphatic rings. The van der Waals surface area contributed by atoms with Gasteiger partial charge in [-0.25, -0.2) is 0 Å². The van der Waals surface area contributed by atoms with Gasteiger partial charge in [0, 0.05) is 6.61 Å². The van der Waals surface area contributed by atoms with E-state index in [1.165, 1.54) is 0 Å². The lowest BCUT2D eigenvalue weighted by Crippen LogP contribution is -2.43. The molecule has 64 valence electrons. The average molecular weight is 177 g/mol. The molecule has 1 unspecified atom stereocenters. The molecule has 3 heteroatoms. The Morgan fingerprint density at radius 2 is 2.09 bits per heavy atom. The predicted molar refractivity (Wildman–Crippen MR) is 43.0 cm³/mol. The summed E-state index contributed by atoms with van der Waals surface area (Å²) in [5, 5.41) is 0.161. The van der Waals surface area contributed by atoms with E-state index in [-0.39, 0.29) is 11.5 Å². The Morgan fingerprint density at radius 3 is 3.00 bits per heavy atom. The molecule has 11 heavy (non-hydrogen) atoms. The van der Waals surface area contributed by atoms with Crippen LogP contribution in [0.4, 0.5) is 0 Å². The van der Waals surface area contributed by atoms with Gasteiger partial charge in [0.05, 0.1) is 24.2 Å². The fourth-order valence-corrected chi connectivity index (χ4v) is 2.02. The number of hydrogen-bond acceptors (Lipinski definition) is 2. The van der Waals surface area contributed by atoms with Crippen molar-refractivity contribution in [2.45, 2.75) is 36.8 Å². The molecule has 0 aromatic heterocycles. The fourth-order valence-electron chi connectivity index (χ4n) is 1.77. The Kier molecular flexibility index (Phi) is 2.35. The highest BCUT2D eigenvalue weighted by atomic mass is 35.5. The summed E-state index contributed by atoms with van der Waals surface area (Å²) in [6.45, 7) is 1.58. The van der Waals surface area contributed by atoms with E-state index in [0.29, 0.717) is 12.7 Å². The first-order chi connectivity index (χ1) is 5.36. The molecule has 2 heterocycles. The first-order valence-electron chi connectivity index (χ1n) is 4.23. The standard InChI is InChI=1S/C8H13ClO2/c9-6-4-8-7(11-5-6)2-1-3-10-8/h6-8H,1-5H2/t6?,7-,8-/m1/s1. The lowest BCUT2D eigenvalue weighted by atomic mass is 9.99. The molecule has 2 fully saturated rings. The van der Waals surface area contributed by atoms with Crippen molar-refractivity contribution in [1.82, 2.24) is 0 Å². The van der Waals surface area contributed by atoms with E-state index in [4.69, 9.17) is 21.1 Å². The van der Waals surface area contributed by atoms with Crippen LogP contribution < -0.4 is 0 Å². The van der Waals surface area contributed by atoms with E-state index in [0.717, 1.165) is 25.9 Å². The van der Waals surface area contributed by atoms with E-state index in [2.05, 4.69) is 0 Å². The fraction of sp³-hybridized carbons (Fsp3) is 1.00. The minimum absolute atomic E-state index is 0.161. The van der Waals surface area contributed by atoms with E-state index in [1.54, 1.807) is 0 Å². The maximum Gasteiger partial charge on any atom is 0.0851 e. The van der Waals surface area contributed by atoms with Crippen LogP contribution in [-0.4, -0.2) is 30.8 Å². The summed E-state index contributed by atoms with van der Waals surface area (Å²) < 4.78 is 11.1. The first-order valence-corrected chi connectivity index (χ1v) is 4.67. The largest absolute Gasteiger partial charge is 0.375 e. The molecule has 0 aromatic rings. The molecule has 0 amide bonds. The maximum absolute atomic E-state index is 5.93. The molecule has 0 aromatic carbocycles. The SMILES string of the molecule is ClC1CO[C@@H]2CCCO[C@@H]2C1. The number of fused-ring (bicyclic) bond motifs is 1. The Labute approximate surface area is 71.8 Å². The number of rotatable bonds is 0. The summed E-state index contributed by atoms with van der Waals surface area (Å²) in [7, 11) is 0. The van der Waals surface area contributed by atoms with Crippen molar-refractivity contribution in [2.75, 3.05) is 13.2 Å². The highest BCUT2D eigenvalue weighted by Crippen LogP contribution is 2.27. The van der Waals surface area contributed by atoms with Crippen molar-refractivity contribution in [2.24, 2.45) is 0 Å². The second-order valence-electron chi connectivity index (χ2n) is 3.26. The third-order valence-corrected chi connectivity index (χ3v) is 2.66. The molecule has 0 saturated carbocycles. The van der Waals surface area contributed by atoms with Gasteiger partial charge in [0.1, 0.15) is 0 Å². The monoisotopic (exact) mass is 176 g/mol. The molecule has 3 atom stereocenters. The summed E-state index contributed by atoms with van der Waals surface area (Å²) in [4.78, 5) is 0. The number of hydrogen-bond donors (Lipinski definition) is 0. The van der Waals surface area contributed by atoms with Crippen LogP contribution in [0.3, 0.4) is 0 Å². The Hall–Kier alpha value is 0.210. The number of ether oxygens (including phenoxy) is 2. The second-order valence-corrected chi connectivity index (χ2v) is 3.87. The molecule has 0 bridgehead atoms. The van der Waals surface area contributed by atoms with Crippen LogP contribution in [0.25, 0.3) is 0 Å². The quantitative estimate of drug-likeness (QED) is 0.522. The van der Waals surface area contributed by atoms with Crippen LogP contribution in [0.1, 0.15) is 19.3 Å². The van der Waals surface area contributed by atoms with Gasteiger partial charge in [-0.05, 0) is 19.3 Å². The number of alkyl halides is 1. The van der Waals surface area contributed by atoms with Gasteiger partial charge in [-0.2, -0.15) is 0 Å². The minimum Gasteiger partial charge on any atom is -0.375 e. The Morgan fingerprint density at radius 1 is 1.18 bits per heavy atom. The zero-order chi connectivity index (χ0) is 7.68. The van der Waals surface area contributed by atoms with Crippen molar-refractivity contribution >= 4 is 11.6 Å². The predicted octanol–water partition coefficient (Wildman–Crippen LogP) is 1.56. The molecule has 2 saturated heterocycles. The van der Waals surface area contributed by atoms with Crippen molar-refractivity contribution in [3.8, 4) is 0 Å². The molecular weight excluding hydrogens is 164 g/mol. The molecule has 2 nitrogen and oxygen atoms in total. The van der Waals surface area contributed by atoms with Crippen LogP contribution in [0, 0.1) is 0 Å². The second kappa shape index (κ2) is 3.30. The molecule has 0 aliphatic carbocycles. The van der Waals surface area contributed by atoms with Gasteiger partial charge in [-0.3, -0.25) is 0 Å². The van der Waals surface area contributed by atoms with Gasteiger partial charge in [0.2, 0.25) is 0 Å². The Balaban J connectivity index is 1.93. The minimum atomic E-state index is 0.161. The van der Waals surface area contributed by atoms with Gasteiger partial charge in [-0.1, -0.05) is 0 Å². The smallest absolute Gasteiger partial charge is 0.0851 e. The lowest BCUT2D eigenvalue weighted by Gasteiger charge is -2.37. The maximum atomic E-state index is 5.93. The normalized spacial score (nSPS) is 45.0. The summed E-state index contributed by atoms with van der Waals surface area (Å²) in [5.74, 6) is 0. The van der Waals surface area contributed by atoms with Crippen molar-refractivity contribution in [3.63, 3.8) is 0 Å². The lowest BCUT2D eigenvalue weighted by molar-refractivity contribution is -0.131. The van der Waals surface area contributed by atoms with E-state index in [9.17, 15) is 0 Å². The van der Waals surface area contributed by atoms with Gasteiger partial charge < -0.3 is 9.47 Å². The summed E-state index contributed by atoms with van der Waals surface area (Å²) in [6.07, 6.45) is 3.85. The summed E-state index contributed by atoms with van der Waals surface area (Å²) in [6, 6.07) is 0. The number of halogens is 1. The molecule has 0 spiro atoms. The van der Waals surface area contributed by atoms with Gasteiger partial charge in [0.25, 0.3) is 0 Å². The van der Waals surface area contributed by atoms with Crippen molar-refractivity contribution in [3.05, 3.63) is 0 Å². The van der Waals surface area contributed by atoms with Crippen LogP contribution in [-0.2, 0) is 9.47 Å². The average Bonchev–Trinajstić information content (AvgIpc) is 2.04. The van der Waals surface area contributed by atoms with E-state index < -0.39 is 0 Å². The highest BCUT2D eigenvalue weighted by molar-refractivity contribution is 6.20. The third kappa shape index (κ3) is 1.68. The van der Waals surface area contributed by atoms with Gasteiger partial charge in [0.15, 0.2) is 0 Å². The molecule has 0 N–H and O–H groups in total. The third-order valence-electron chi connectivity index (χ3n) is 2.36. The van der Waals surface area contributed by atoms with Crippen molar-refractivity contribution in [1.29, 1.82) is 0 Å². The van der Waals surface area contributed by atoms with Gasteiger partial charge >= 0.3 is 0 Å². The van der Waals surface area contributed by atoms with Crippen LogP contribution >= 0.6 is 11.6 Å². The molecule has 2 rings (SSSR count).